The maximum atomic E-state index is 13.8. The Balaban J connectivity index is 1.72. The molecule has 3 aromatic rings. The van der Waals surface area contributed by atoms with E-state index in [0.29, 0.717) is 22.7 Å². The van der Waals surface area contributed by atoms with Gasteiger partial charge in [0.15, 0.2) is 0 Å². The summed E-state index contributed by atoms with van der Waals surface area (Å²) in [5.74, 6) is -1.41. The van der Waals surface area contributed by atoms with Gasteiger partial charge < -0.3 is 9.84 Å². The number of fused-ring (bicyclic) bond motifs is 1. The highest BCUT2D eigenvalue weighted by Gasteiger charge is 2.44. The van der Waals surface area contributed by atoms with Gasteiger partial charge in [-0.25, -0.2) is 8.42 Å². The predicted octanol–water partition coefficient (Wildman–Crippen LogP) is 3.96. The first kappa shape index (κ1) is 25.0. The SMILES string of the molecule is CCOc1ccc(S(=O)(=O)N2CC(n3nc(CC(=O)O)c4ccccc43)[C@H](C)C2)c(C(F)(F)F)c1. The Bertz CT molecular complexity index is 1370. The van der Waals surface area contributed by atoms with E-state index in [1.807, 2.05) is 0 Å². The minimum absolute atomic E-state index is 0.0139. The average Bonchev–Trinajstić information content (AvgIpc) is 3.34. The van der Waals surface area contributed by atoms with Crippen LogP contribution in [-0.4, -0.2) is 53.3 Å². The van der Waals surface area contributed by atoms with Crippen LogP contribution in [0.2, 0.25) is 0 Å². The normalized spacial score (nSPS) is 19.3. The van der Waals surface area contributed by atoms with Crippen molar-refractivity contribution in [2.24, 2.45) is 5.92 Å². The lowest BCUT2D eigenvalue weighted by Gasteiger charge is -2.21. The van der Waals surface area contributed by atoms with E-state index in [9.17, 15) is 31.5 Å². The molecular weight excluding hydrogens is 487 g/mol. The van der Waals surface area contributed by atoms with Crippen molar-refractivity contribution in [3.63, 3.8) is 0 Å². The summed E-state index contributed by atoms with van der Waals surface area (Å²) in [5.41, 5.74) is -0.308. The minimum Gasteiger partial charge on any atom is -0.494 e. The number of hydrogen-bond acceptors (Lipinski definition) is 5. The molecular formula is C23H24F3N3O5S. The number of hydrogen-bond donors (Lipinski definition) is 1. The summed E-state index contributed by atoms with van der Waals surface area (Å²) in [7, 11) is -4.50. The van der Waals surface area contributed by atoms with Gasteiger partial charge in [0.2, 0.25) is 10.0 Å². The van der Waals surface area contributed by atoms with Gasteiger partial charge in [-0.15, -0.1) is 0 Å². The molecule has 0 radical (unpaired) electrons. The molecule has 0 spiro atoms. The van der Waals surface area contributed by atoms with Crippen LogP contribution in [0.3, 0.4) is 0 Å². The van der Waals surface area contributed by atoms with Crippen molar-refractivity contribution in [2.75, 3.05) is 19.7 Å². The zero-order valence-electron chi connectivity index (χ0n) is 19.0. The summed E-state index contributed by atoms with van der Waals surface area (Å²) in [6, 6.07) is 9.35. The molecule has 188 valence electrons. The first-order valence-electron chi connectivity index (χ1n) is 11.0. The fourth-order valence-electron chi connectivity index (χ4n) is 4.45. The van der Waals surface area contributed by atoms with Crippen LogP contribution in [0.15, 0.2) is 47.4 Å². The Kier molecular flexibility index (Phi) is 6.54. The summed E-state index contributed by atoms with van der Waals surface area (Å²) in [5, 5.41) is 14.3. The third kappa shape index (κ3) is 4.72. The van der Waals surface area contributed by atoms with Gasteiger partial charge in [0.05, 0.1) is 40.7 Å². The molecule has 1 fully saturated rings. The van der Waals surface area contributed by atoms with Crippen molar-refractivity contribution in [3.05, 3.63) is 53.7 Å². The maximum absolute atomic E-state index is 13.8. The van der Waals surface area contributed by atoms with Gasteiger partial charge >= 0.3 is 12.1 Å². The highest BCUT2D eigenvalue weighted by Crippen LogP contribution is 2.40. The summed E-state index contributed by atoms with van der Waals surface area (Å²) in [4.78, 5) is 10.5. The van der Waals surface area contributed by atoms with Crippen LogP contribution in [0.1, 0.15) is 31.1 Å². The van der Waals surface area contributed by atoms with E-state index in [2.05, 4.69) is 5.10 Å². The van der Waals surface area contributed by atoms with Crippen molar-refractivity contribution in [2.45, 2.75) is 37.4 Å². The lowest BCUT2D eigenvalue weighted by Crippen LogP contribution is -2.31. The zero-order chi connectivity index (χ0) is 25.5. The number of sulfonamides is 1. The second-order valence-electron chi connectivity index (χ2n) is 8.43. The van der Waals surface area contributed by atoms with Gasteiger partial charge in [0, 0.05) is 18.5 Å². The number of alkyl halides is 3. The van der Waals surface area contributed by atoms with Crippen molar-refractivity contribution in [1.29, 1.82) is 0 Å². The fourth-order valence-corrected chi connectivity index (χ4v) is 6.20. The molecule has 0 aliphatic carbocycles. The number of para-hydroxylation sites is 1. The van der Waals surface area contributed by atoms with Crippen LogP contribution in [0.25, 0.3) is 10.9 Å². The minimum atomic E-state index is -4.90. The molecule has 2 atom stereocenters. The maximum Gasteiger partial charge on any atom is 0.417 e. The quantitative estimate of drug-likeness (QED) is 0.515. The Labute approximate surface area is 200 Å². The summed E-state index contributed by atoms with van der Waals surface area (Å²) in [6.07, 6.45) is -5.21. The third-order valence-corrected chi connectivity index (χ3v) is 7.94. The number of halogens is 3. The zero-order valence-corrected chi connectivity index (χ0v) is 19.8. The van der Waals surface area contributed by atoms with Gasteiger partial charge in [0.25, 0.3) is 0 Å². The largest absolute Gasteiger partial charge is 0.494 e. The second kappa shape index (κ2) is 9.15. The van der Waals surface area contributed by atoms with E-state index in [4.69, 9.17) is 4.74 Å². The first-order valence-corrected chi connectivity index (χ1v) is 12.4. The second-order valence-corrected chi connectivity index (χ2v) is 10.3. The van der Waals surface area contributed by atoms with Gasteiger partial charge in [-0.2, -0.15) is 22.6 Å². The first-order chi connectivity index (χ1) is 16.4. The number of carbonyl (C=O) groups is 1. The molecule has 12 heteroatoms. The van der Waals surface area contributed by atoms with E-state index >= 15 is 0 Å². The summed E-state index contributed by atoms with van der Waals surface area (Å²) >= 11 is 0. The molecule has 0 saturated carbocycles. The van der Waals surface area contributed by atoms with E-state index < -0.39 is 38.7 Å². The fraction of sp³-hybridized carbons (Fsp3) is 0.391. The Morgan fingerprint density at radius 1 is 1.20 bits per heavy atom. The summed E-state index contributed by atoms with van der Waals surface area (Å²) in [6.45, 7) is 3.42. The van der Waals surface area contributed by atoms with E-state index in [-0.39, 0.29) is 37.8 Å². The molecule has 1 aliphatic heterocycles. The summed E-state index contributed by atoms with van der Waals surface area (Å²) < 4.78 is 75.9. The van der Waals surface area contributed by atoms with Crippen molar-refractivity contribution < 1.29 is 36.2 Å². The molecule has 1 unspecified atom stereocenters. The highest BCUT2D eigenvalue weighted by atomic mass is 32.2. The lowest BCUT2D eigenvalue weighted by atomic mass is 10.1. The van der Waals surface area contributed by atoms with E-state index in [1.54, 1.807) is 42.8 Å². The highest BCUT2D eigenvalue weighted by molar-refractivity contribution is 7.89. The number of benzene rings is 2. The van der Waals surface area contributed by atoms with E-state index in [0.717, 1.165) is 10.4 Å². The molecule has 2 aromatic carbocycles. The van der Waals surface area contributed by atoms with Gasteiger partial charge in [0.1, 0.15) is 5.75 Å². The molecule has 4 rings (SSSR count). The molecule has 1 aliphatic rings. The Morgan fingerprint density at radius 2 is 1.91 bits per heavy atom. The van der Waals surface area contributed by atoms with E-state index in [1.165, 1.54) is 6.07 Å². The molecule has 1 N–H and O–H groups in total. The molecule has 1 saturated heterocycles. The smallest absolute Gasteiger partial charge is 0.417 e. The van der Waals surface area contributed by atoms with Gasteiger partial charge in [-0.05, 0) is 37.1 Å². The topological polar surface area (TPSA) is 102 Å². The Morgan fingerprint density at radius 3 is 2.57 bits per heavy atom. The predicted molar refractivity (Wildman–Crippen MR) is 121 cm³/mol. The number of carboxylic acids is 1. The number of nitrogens with zero attached hydrogens (tertiary/aromatic N) is 3. The Hall–Kier alpha value is -3.12. The van der Waals surface area contributed by atoms with Crippen LogP contribution >= 0.6 is 0 Å². The van der Waals surface area contributed by atoms with Crippen LogP contribution in [-0.2, 0) is 27.4 Å². The average molecular weight is 512 g/mol. The van der Waals surface area contributed by atoms with Crippen molar-refractivity contribution >= 4 is 26.9 Å². The number of carboxylic acid groups (broad SMARTS) is 1. The van der Waals surface area contributed by atoms with Crippen LogP contribution in [0.4, 0.5) is 13.2 Å². The van der Waals surface area contributed by atoms with Crippen molar-refractivity contribution in [3.8, 4) is 5.75 Å². The molecule has 0 amide bonds. The van der Waals surface area contributed by atoms with Crippen LogP contribution in [0, 0.1) is 5.92 Å². The lowest BCUT2D eigenvalue weighted by molar-refractivity contribution is -0.140. The number of ether oxygens (including phenoxy) is 1. The molecule has 2 heterocycles. The number of aromatic nitrogens is 2. The number of rotatable bonds is 7. The molecule has 1 aromatic heterocycles. The van der Waals surface area contributed by atoms with Crippen molar-refractivity contribution in [1.82, 2.24) is 14.1 Å². The molecule has 8 nitrogen and oxygen atoms in total. The monoisotopic (exact) mass is 511 g/mol. The molecule has 0 bridgehead atoms. The van der Waals surface area contributed by atoms with Gasteiger partial charge in [-0.1, -0.05) is 25.1 Å². The molecule has 35 heavy (non-hydrogen) atoms. The number of aliphatic carboxylic acids is 1. The van der Waals surface area contributed by atoms with Crippen LogP contribution < -0.4 is 4.74 Å². The van der Waals surface area contributed by atoms with Crippen LogP contribution in [0.5, 0.6) is 5.75 Å². The third-order valence-electron chi connectivity index (χ3n) is 6.05. The van der Waals surface area contributed by atoms with Gasteiger partial charge in [-0.3, -0.25) is 9.48 Å². The standard InChI is InChI=1S/C23H24F3N3O5S/c1-3-34-15-8-9-21(17(10-15)23(24,25)26)35(32,33)28-12-14(2)20(13-28)29-19-7-5-4-6-16(19)18(27-29)11-22(30)31/h4-10,14,20H,3,11-13H2,1-2H3,(H,30,31)/t14-,20?/m1/s1.